The summed E-state index contributed by atoms with van der Waals surface area (Å²) in [6, 6.07) is 16.3. The van der Waals surface area contributed by atoms with Crippen molar-refractivity contribution < 1.29 is 14.0 Å². The zero-order valence-corrected chi connectivity index (χ0v) is 17.5. The molecule has 4 aromatic rings. The van der Waals surface area contributed by atoms with Crippen LogP contribution >= 0.6 is 0 Å². The van der Waals surface area contributed by atoms with Gasteiger partial charge in [-0.3, -0.25) is 0 Å². The van der Waals surface area contributed by atoms with Crippen LogP contribution in [0.1, 0.15) is 34.4 Å². The zero-order chi connectivity index (χ0) is 21.2. The van der Waals surface area contributed by atoms with Crippen molar-refractivity contribution in [3.05, 3.63) is 76.8 Å². The lowest BCUT2D eigenvalue weighted by molar-refractivity contribution is -0.00112. The van der Waals surface area contributed by atoms with Gasteiger partial charge in [0.15, 0.2) is 5.69 Å². The van der Waals surface area contributed by atoms with Crippen molar-refractivity contribution >= 4 is 0 Å². The second kappa shape index (κ2) is 8.31. The molecule has 3 heterocycles. The number of hydrogen-bond donors (Lipinski definition) is 0. The summed E-state index contributed by atoms with van der Waals surface area (Å²) in [5, 5.41) is 12.7. The van der Waals surface area contributed by atoms with Crippen molar-refractivity contribution in [2.45, 2.75) is 39.0 Å². The first-order valence-electron chi connectivity index (χ1n) is 10.3. The minimum absolute atomic E-state index is 0.0482. The molecule has 1 atom stereocenters. The van der Waals surface area contributed by atoms with Crippen molar-refractivity contribution in [3.63, 3.8) is 0 Å². The third kappa shape index (κ3) is 4.06. The summed E-state index contributed by atoms with van der Waals surface area (Å²) < 4.78 is 18.6. The fourth-order valence-electron chi connectivity index (χ4n) is 3.66. The maximum Gasteiger partial charge on any atom is 0.227 e. The Balaban J connectivity index is 1.27. The highest BCUT2D eigenvalue weighted by Gasteiger charge is 2.27. The van der Waals surface area contributed by atoms with Crippen LogP contribution in [0.25, 0.3) is 11.5 Å². The molecular formula is C23H23N5O3. The largest absolute Gasteiger partial charge is 0.497 e. The molecule has 0 aliphatic carbocycles. The fourth-order valence-corrected chi connectivity index (χ4v) is 3.66. The molecule has 0 saturated heterocycles. The number of fused-ring (bicyclic) bond motifs is 1. The standard InChI is InChI=1S/C23H23N5O3/c1-15-3-8-17(9-4-15)20-13-28-19(14-30-20)22(25-27-28)23-24-21(31-26-23)12-7-16-5-10-18(29-2)11-6-16/h3-6,8-11,20H,7,12-14H2,1-2H3/t20-/m0/s1. The Kier molecular flexibility index (Phi) is 5.21. The van der Waals surface area contributed by atoms with Crippen molar-refractivity contribution in [2.75, 3.05) is 7.11 Å². The fraction of sp³-hybridized carbons (Fsp3) is 0.304. The van der Waals surface area contributed by atoms with Crippen LogP contribution in [-0.2, 0) is 30.7 Å². The van der Waals surface area contributed by atoms with Gasteiger partial charge in [0, 0.05) is 6.42 Å². The molecule has 8 nitrogen and oxygen atoms in total. The maximum atomic E-state index is 6.08. The number of nitrogens with zero attached hydrogens (tertiary/aromatic N) is 5. The molecule has 0 radical (unpaired) electrons. The van der Waals surface area contributed by atoms with Gasteiger partial charge in [-0.25, -0.2) is 4.68 Å². The molecule has 0 unspecified atom stereocenters. The van der Waals surface area contributed by atoms with E-state index < -0.39 is 0 Å². The topological polar surface area (TPSA) is 88.1 Å². The molecule has 0 saturated carbocycles. The molecule has 0 amide bonds. The molecule has 31 heavy (non-hydrogen) atoms. The molecule has 2 aromatic heterocycles. The van der Waals surface area contributed by atoms with Crippen LogP contribution in [-0.4, -0.2) is 32.2 Å². The molecule has 158 valence electrons. The SMILES string of the molecule is COc1ccc(CCc2nc(-c3nnn4c3CO[C@H](c3ccc(C)cc3)C4)no2)cc1. The van der Waals surface area contributed by atoms with E-state index in [1.165, 1.54) is 11.1 Å². The van der Waals surface area contributed by atoms with Crippen LogP contribution in [0.2, 0.25) is 0 Å². The molecule has 0 fully saturated rings. The maximum absolute atomic E-state index is 6.08. The van der Waals surface area contributed by atoms with E-state index in [1.54, 1.807) is 7.11 Å². The highest BCUT2D eigenvalue weighted by Crippen LogP contribution is 2.30. The van der Waals surface area contributed by atoms with Gasteiger partial charge in [0.05, 0.1) is 26.0 Å². The van der Waals surface area contributed by atoms with E-state index in [-0.39, 0.29) is 6.10 Å². The van der Waals surface area contributed by atoms with Crippen molar-refractivity contribution in [3.8, 4) is 17.3 Å². The summed E-state index contributed by atoms with van der Waals surface area (Å²) >= 11 is 0. The summed E-state index contributed by atoms with van der Waals surface area (Å²) in [6.07, 6.45) is 1.40. The van der Waals surface area contributed by atoms with E-state index in [4.69, 9.17) is 14.0 Å². The molecule has 0 spiro atoms. The first-order chi connectivity index (χ1) is 15.2. The van der Waals surface area contributed by atoms with Gasteiger partial charge in [-0.2, -0.15) is 4.98 Å². The van der Waals surface area contributed by atoms with Crippen LogP contribution in [0, 0.1) is 6.92 Å². The van der Waals surface area contributed by atoms with Crippen LogP contribution in [0.4, 0.5) is 0 Å². The normalized spacial score (nSPS) is 15.6. The summed E-state index contributed by atoms with van der Waals surface area (Å²) in [7, 11) is 1.66. The Hall–Kier alpha value is -3.52. The summed E-state index contributed by atoms with van der Waals surface area (Å²) in [6.45, 7) is 3.08. The molecule has 0 bridgehead atoms. The van der Waals surface area contributed by atoms with E-state index >= 15 is 0 Å². The number of benzene rings is 2. The quantitative estimate of drug-likeness (QED) is 0.473. The van der Waals surface area contributed by atoms with Gasteiger partial charge in [-0.15, -0.1) is 5.10 Å². The third-order valence-corrected chi connectivity index (χ3v) is 5.51. The summed E-state index contributed by atoms with van der Waals surface area (Å²) in [5.41, 5.74) is 5.02. The Morgan fingerprint density at radius 3 is 2.65 bits per heavy atom. The van der Waals surface area contributed by atoms with Crippen LogP contribution < -0.4 is 4.74 Å². The first-order valence-corrected chi connectivity index (χ1v) is 10.3. The molecule has 5 rings (SSSR count). The van der Waals surface area contributed by atoms with Gasteiger partial charge in [-0.05, 0) is 36.6 Å². The van der Waals surface area contributed by atoms with Gasteiger partial charge in [-0.1, -0.05) is 52.3 Å². The number of methoxy groups -OCH3 is 1. The van der Waals surface area contributed by atoms with Crippen molar-refractivity contribution in [1.82, 2.24) is 25.1 Å². The van der Waals surface area contributed by atoms with Gasteiger partial charge >= 0.3 is 0 Å². The molecule has 8 heteroatoms. The second-order valence-corrected chi connectivity index (χ2v) is 7.64. The zero-order valence-electron chi connectivity index (χ0n) is 17.5. The molecule has 0 N–H and O–H groups in total. The predicted octanol–water partition coefficient (Wildman–Crippen LogP) is 3.70. The second-order valence-electron chi connectivity index (χ2n) is 7.64. The first kappa shape index (κ1) is 19.4. The Bertz CT molecular complexity index is 1160. The van der Waals surface area contributed by atoms with E-state index in [0.717, 1.165) is 23.4 Å². The lowest BCUT2D eigenvalue weighted by Crippen LogP contribution is -2.22. The van der Waals surface area contributed by atoms with Crippen LogP contribution in [0.3, 0.4) is 0 Å². The average molecular weight is 417 g/mol. The van der Waals surface area contributed by atoms with Gasteiger partial charge in [0.25, 0.3) is 0 Å². The number of ether oxygens (including phenoxy) is 2. The van der Waals surface area contributed by atoms with E-state index in [9.17, 15) is 0 Å². The minimum atomic E-state index is -0.0482. The lowest BCUT2D eigenvalue weighted by atomic mass is 10.1. The molecule has 2 aromatic carbocycles. The predicted molar refractivity (Wildman–Crippen MR) is 112 cm³/mol. The van der Waals surface area contributed by atoms with Gasteiger partial charge in [0.1, 0.15) is 11.9 Å². The lowest BCUT2D eigenvalue weighted by Gasteiger charge is -2.24. The van der Waals surface area contributed by atoms with E-state index in [0.29, 0.717) is 37.0 Å². The van der Waals surface area contributed by atoms with E-state index in [1.807, 2.05) is 28.9 Å². The number of aromatic nitrogens is 5. The Morgan fingerprint density at radius 1 is 1.06 bits per heavy atom. The number of aryl methyl sites for hydroxylation is 3. The minimum Gasteiger partial charge on any atom is -0.497 e. The third-order valence-electron chi connectivity index (χ3n) is 5.51. The molecular weight excluding hydrogens is 394 g/mol. The van der Waals surface area contributed by atoms with Crippen molar-refractivity contribution in [1.29, 1.82) is 0 Å². The highest BCUT2D eigenvalue weighted by molar-refractivity contribution is 5.51. The van der Waals surface area contributed by atoms with Crippen molar-refractivity contribution in [2.24, 2.45) is 0 Å². The summed E-state index contributed by atoms with van der Waals surface area (Å²) in [4.78, 5) is 4.52. The molecule has 1 aliphatic heterocycles. The van der Waals surface area contributed by atoms with Gasteiger partial charge in [0.2, 0.25) is 11.7 Å². The Morgan fingerprint density at radius 2 is 1.87 bits per heavy atom. The van der Waals surface area contributed by atoms with Crippen LogP contribution in [0.5, 0.6) is 5.75 Å². The van der Waals surface area contributed by atoms with Crippen LogP contribution in [0.15, 0.2) is 53.1 Å². The molecule has 1 aliphatic rings. The van der Waals surface area contributed by atoms with E-state index in [2.05, 4.69) is 51.6 Å². The number of rotatable bonds is 6. The Labute approximate surface area is 179 Å². The number of hydrogen-bond acceptors (Lipinski definition) is 7. The highest BCUT2D eigenvalue weighted by atomic mass is 16.5. The average Bonchev–Trinajstić information content (AvgIpc) is 3.45. The monoisotopic (exact) mass is 417 g/mol. The smallest absolute Gasteiger partial charge is 0.227 e. The van der Waals surface area contributed by atoms with Gasteiger partial charge < -0.3 is 14.0 Å². The summed E-state index contributed by atoms with van der Waals surface area (Å²) in [5.74, 6) is 1.86.